The molecule has 0 saturated heterocycles. The van der Waals surface area contributed by atoms with E-state index >= 15 is 0 Å². The maximum absolute atomic E-state index is 12.9. The van der Waals surface area contributed by atoms with E-state index in [1.165, 1.54) is 12.1 Å². The molecule has 20 heavy (non-hydrogen) atoms. The van der Waals surface area contributed by atoms with Crippen molar-refractivity contribution in [3.63, 3.8) is 0 Å². The number of para-hydroxylation sites is 1. The number of ether oxygens (including phenoxy) is 1. The molecule has 0 amide bonds. The van der Waals surface area contributed by atoms with Crippen LogP contribution >= 0.6 is 11.8 Å². The second-order valence-electron chi connectivity index (χ2n) is 4.35. The van der Waals surface area contributed by atoms with Crippen molar-refractivity contribution in [3.8, 4) is 5.75 Å². The van der Waals surface area contributed by atoms with E-state index in [9.17, 15) is 4.39 Å². The molecule has 2 aromatic rings. The summed E-state index contributed by atoms with van der Waals surface area (Å²) in [6.07, 6.45) is 0. The van der Waals surface area contributed by atoms with Gasteiger partial charge < -0.3 is 10.1 Å². The van der Waals surface area contributed by atoms with E-state index in [4.69, 9.17) is 4.74 Å². The predicted molar refractivity (Wildman–Crippen MR) is 81.9 cm³/mol. The predicted octanol–water partition coefficient (Wildman–Crippen LogP) is 3.89. The summed E-state index contributed by atoms with van der Waals surface area (Å²) in [5.41, 5.74) is 1.13. The van der Waals surface area contributed by atoms with Crippen LogP contribution < -0.4 is 10.1 Å². The first kappa shape index (κ1) is 14.9. The molecule has 2 aromatic carbocycles. The van der Waals surface area contributed by atoms with Crippen LogP contribution in [0.2, 0.25) is 0 Å². The van der Waals surface area contributed by atoms with Gasteiger partial charge in [0.25, 0.3) is 0 Å². The van der Waals surface area contributed by atoms with E-state index < -0.39 is 0 Å². The Balaban J connectivity index is 2.07. The highest BCUT2D eigenvalue weighted by Crippen LogP contribution is 2.29. The van der Waals surface area contributed by atoms with Crippen LogP contribution in [-0.2, 0) is 0 Å². The van der Waals surface area contributed by atoms with Gasteiger partial charge >= 0.3 is 0 Å². The molecule has 2 nitrogen and oxygen atoms in total. The zero-order chi connectivity index (χ0) is 14.4. The number of rotatable bonds is 6. The Kier molecular flexibility index (Phi) is 5.44. The summed E-state index contributed by atoms with van der Waals surface area (Å²) >= 11 is 1.69. The van der Waals surface area contributed by atoms with Gasteiger partial charge in [-0.3, -0.25) is 0 Å². The first-order valence-corrected chi connectivity index (χ1v) is 7.41. The van der Waals surface area contributed by atoms with Crippen LogP contribution in [0.4, 0.5) is 4.39 Å². The molecule has 0 saturated carbocycles. The second kappa shape index (κ2) is 7.31. The fourth-order valence-corrected chi connectivity index (χ4v) is 3.03. The summed E-state index contributed by atoms with van der Waals surface area (Å²) in [7, 11) is 3.61. The highest BCUT2D eigenvalue weighted by molar-refractivity contribution is 7.99. The Morgan fingerprint density at radius 1 is 1.15 bits per heavy atom. The first-order chi connectivity index (χ1) is 9.74. The highest BCUT2D eigenvalue weighted by Gasteiger charge is 2.14. The molecule has 0 radical (unpaired) electrons. The minimum absolute atomic E-state index is 0.182. The van der Waals surface area contributed by atoms with Crippen molar-refractivity contribution < 1.29 is 9.13 Å². The van der Waals surface area contributed by atoms with Gasteiger partial charge in [-0.1, -0.05) is 18.2 Å². The van der Waals surface area contributed by atoms with Gasteiger partial charge in [-0.05, 0) is 37.4 Å². The van der Waals surface area contributed by atoms with Crippen LogP contribution in [0.25, 0.3) is 0 Å². The molecular weight excluding hydrogens is 273 g/mol. The summed E-state index contributed by atoms with van der Waals surface area (Å²) in [6.45, 7) is 0. The van der Waals surface area contributed by atoms with E-state index in [1.54, 1.807) is 31.0 Å². The molecule has 0 aliphatic heterocycles. The lowest BCUT2D eigenvalue weighted by molar-refractivity contribution is 0.404. The van der Waals surface area contributed by atoms with Crippen LogP contribution in [0.3, 0.4) is 0 Å². The third-order valence-electron chi connectivity index (χ3n) is 3.09. The highest BCUT2D eigenvalue weighted by atomic mass is 32.2. The molecule has 0 aliphatic rings. The van der Waals surface area contributed by atoms with Gasteiger partial charge in [-0.15, -0.1) is 11.8 Å². The van der Waals surface area contributed by atoms with Gasteiger partial charge in [0.15, 0.2) is 0 Å². The molecule has 0 fully saturated rings. The topological polar surface area (TPSA) is 21.3 Å². The van der Waals surface area contributed by atoms with Gasteiger partial charge in [0.2, 0.25) is 0 Å². The van der Waals surface area contributed by atoms with Crippen molar-refractivity contribution >= 4 is 11.8 Å². The number of nitrogens with one attached hydrogen (secondary N) is 1. The third-order valence-corrected chi connectivity index (χ3v) is 4.20. The number of hydrogen-bond acceptors (Lipinski definition) is 3. The van der Waals surface area contributed by atoms with Gasteiger partial charge in [0.1, 0.15) is 11.6 Å². The van der Waals surface area contributed by atoms with Gasteiger partial charge in [-0.25, -0.2) is 4.39 Å². The van der Waals surface area contributed by atoms with Crippen LogP contribution in [0, 0.1) is 5.82 Å². The Morgan fingerprint density at radius 2 is 1.85 bits per heavy atom. The van der Waals surface area contributed by atoms with Crippen LogP contribution in [-0.4, -0.2) is 19.9 Å². The summed E-state index contributed by atoms with van der Waals surface area (Å²) < 4.78 is 18.3. The summed E-state index contributed by atoms with van der Waals surface area (Å²) in [4.78, 5) is 1.06. The number of hydrogen-bond donors (Lipinski definition) is 1. The molecule has 0 spiro atoms. The number of benzene rings is 2. The molecule has 0 aliphatic carbocycles. The van der Waals surface area contributed by atoms with Crippen molar-refractivity contribution in [3.05, 3.63) is 59.9 Å². The van der Waals surface area contributed by atoms with Crippen LogP contribution in [0.5, 0.6) is 5.75 Å². The lowest BCUT2D eigenvalue weighted by Crippen LogP contribution is -2.19. The Bertz CT molecular complexity index is 544. The third kappa shape index (κ3) is 3.74. The molecule has 0 bridgehead atoms. The van der Waals surface area contributed by atoms with E-state index in [0.29, 0.717) is 0 Å². The monoisotopic (exact) mass is 291 g/mol. The molecular formula is C16H18FNOS. The van der Waals surface area contributed by atoms with Gasteiger partial charge in [-0.2, -0.15) is 0 Å². The van der Waals surface area contributed by atoms with Crippen molar-refractivity contribution in [1.29, 1.82) is 0 Å². The van der Waals surface area contributed by atoms with E-state index in [-0.39, 0.29) is 11.9 Å². The molecule has 106 valence electrons. The zero-order valence-corrected chi connectivity index (χ0v) is 12.4. The zero-order valence-electron chi connectivity index (χ0n) is 11.6. The molecule has 1 unspecified atom stereocenters. The van der Waals surface area contributed by atoms with Crippen molar-refractivity contribution in [1.82, 2.24) is 5.32 Å². The lowest BCUT2D eigenvalue weighted by atomic mass is 10.1. The standard InChI is InChI=1S/C16H18FNOS/c1-18-15(14-5-3-4-6-16(14)19-2)11-20-13-9-7-12(17)8-10-13/h3-10,15,18H,11H2,1-2H3. The van der Waals surface area contributed by atoms with E-state index in [2.05, 4.69) is 11.4 Å². The van der Waals surface area contributed by atoms with Crippen LogP contribution in [0.15, 0.2) is 53.4 Å². The molecule has 0 heterocycles. The first-order valence-electron chi connectivity index (χ1n) is 6.43. The van der Waals surface area contributed by atoms with Crippen molar-refractivity contribution in [2.45, 2.75) is 10.9 Å². The average molecular weight is 291 g/mol. The minimum Gasteiger partial charge on any atom is -0.496 e. The van der Waals surface area contributed by atoms with E-state index in [0.717, 1.165) is 22.0 Å². The fraction of sp³-hybridized carbons (Fsp3) is 0.250. The number of thioether (sulfide) groups is 1. The Labute approximate surface area is 123 Å². The number of methoxy groups -OCH3 is 1. The molecule has 1 atom stereocenters. The normalized spacial score (nSPS) is 12.2. The Hall–Kier alpha value is -1.52. The van der Waals surface area contributed by atoms with Crippen molar-refractivity contribution in [2.75, 3.05) is 19.9 Å². The molecule has 1 N–H and O–H groups in total. The van der Waals surface area contributed by atoms with Gasteiger partial charge in [0, 0.05) is 22.3 Å². The quantitative estimate of drug-likeness (QED) is 0.816. The van der Waals surface area contributed by atoms with Crippen molar-refractivity contribution in [2.24, 2.45) is 0 Å². The molecule has 0 aromatic heterocycles. The summed E-state index contributed by atoms with van der Waals surface area (Å²) in [5, 5.41) is 3.30. The lowest BCUT2D eigenvalue weighted by Gasteiger charge is -2.19. The van der Waals surface area contributed by atoms with Gasteiger partial charge in [0.05, 0.1) is 7.11 Å². The number of halogens is 1. The Morgan fingerprint density at radius 3 is 2.50 bits per heavy atom. The smallest absolute Gasteiger partial charge is 0.123 e. The summed E-state index contributed by atoms with van der Waals surface area (Å²) in [6, 6.07) is 14.7. The van der Waals surface area contributed by atoms with E-state index in [1.807, 2.05) is 25.2 Å². The van der Waals surface area contributed by atoms with Crippen LogP contribution in [0.1, 0.15) is 11.6 Å². The fourth-order valence-electron chi connectivity index (χ4n) is 1.99. The SMILES string of the molecule is CNC(CSc1ccc(F)cc1)c1ccccc1OC. The maximum atomic E-state index is 12.9. The second-order valence-corrected chi connectivity index (χ2v) is 5.44. The minimum atomic E-state index is -0.204. The summed E-state index contributed by atoms with van der Waals surface area (Å²) in [5.74, 6) is 1.53. The largest absolute Gasteiger partial charge is 0.496 e. The molecule has 4 heteroatoms. The molecule has 2 rings (SSSR count). The average Bonchev–Trinajstić information content (AvgIpc) is 2.50. The maximum Gasteiger partial charge on any atom is 0.123 e.